The van der Waals surface area contributed by atoms with Gasteiger partial charge in [0.2, 0.25) is 0 Å². The second-order valence-electron chi connectivity index (χ2n) is 5.43. The molecule has 0 aliphatic carbocycles. The van der Waals surface area contributed by atoms with Crippen molar-refractivity contribution in [2.45, 2.75) is 34.6 Å². The highest BCUT2D eigenvalue weighted by Gasteiger charge is 2.17. The number of rotatable bonds is 2. The van der Waals surface area contributed by atoms with Gasteiger partial charge in [0, 0.05) is 15.6 Å². The molecular formula is C18H19BrO. The van der Waals surface area contributed by atoms with Crippen LogP contribution in [0, 0.1) is 34.6 Å². The number of carbonyl (C=O) groups excluding carboxylic acids is 1. The maximum absolute atomic E-state index is 12.8. The van der Waals surface area contributed by atoms with E-state index in [0.717, 1.165) is 32.3 Å². The molecule has 2 aromatic carbocycles. The molecule has 0 bridgehead atoms. The number of ketones is 1. The van der Waals surface area contributed by atoms with Crippen molar-refractivity contribution in [1.82, 2.24) is 0 Å². The Morgan fingerprint density at radius 3 is 1.90 bits per heavy atom. The molecule has 2 aromatic rings. The topological polar surface area (TPSA) is 17.1 Å². The van der Waals surface area contributed by atoms with E-state index in [1.807, 2.05) is 39.0 Å². The molecular weight excluding hydrogens is 312 g/mol. The molecule has 0 heterocycles. The number of benzene rings is 2. The predicted molar refractivity (Wildman–Crippen MR) is 87.7 cm³/mol. The van der Waals surface area contributed by atoms with Gasteiger partial charge in [0.15, 0.2) is 5.78 Å². The summed E-state index contributed by atoms with van der Waals surface area (Å²) in [6.07, 6.45) is 0. The second kappa shape index (κ2) is 5.53. The molecule has 0 aliphatic heterocycles. The molecule has 0 saturated carbocycles. The van der Waals surface area contributed by atoms with Crippen LogP contribution in [0.3, 0.4) is 0 Å². The SMILES string of the molecule is Cc1cc(C(=O)c2c(C)c(C)cc(C)c2C)ccc1Br. The largest absolute Gasteiger partial charge is 0.289 e. The smallest absolute Gasteiger partial charge is 0.193 e. The van der Waals surface area contributed by atoms with Crippen LogP contribution < -0.4 is 0 Å². The fourth-order valence-electron chi connectivity index (χ4n) is 2.49. The molecule has 2 heteroatoms. The highest BCUT2D eigenvalue weighted by molar-refractivity contribution is 9.10. The lowest BCUT2D eigenvalue weighted by Crippen LogP contribution is -2.09. The van der Waals surface area contributed by atoms with Crippen molar-refractivity contribution >= 4 is 21.7 Å². The van der Waals surface area contributed by atoms with Gasteiger partial charge < -0.3 is 0 Å². The Bertz CT molecular complexity index is 673. The number of hydrogen-bond donors (Lipinski definition) is 0. The van der Waals surface area contributed by atoms with Gasteiger partial charge in [0.1, 0.15) is 0 Å². The minimum absolute atomic E-state index is 0.113. The van der Waals surface area contributed by atoms with E-state index in [4.69, 9.17) is 0 Å². The van der Waals surface area contributed by atoms with Gasteiger partial charge in [-0.25, -0.2) is 0 Å². The van der Waals surface area contributed by atoms with Crippen molar-refractivity contribution in [2.75, 3.05) is 0 Å². The Balaban J connectivity index is 2.62. The second-order valence-corrected chi connectivity index (χ2v) is 6.28. The average molecular weight is 331 g/mol. The quantitative estimate of drug-likeness (QED) is 0.689. The molecule has 0 spiro atoms. The third-order valence-corrected chi connectivity index (χ3v) is 4.90. The van der Waals surface area contributed by atoms with E-state index >= 15 is 0 Å². The molecule has 2 rings (SSSR count). The molecule has 104 valence electrons. The molecule has 0 atom stereocenters. The summed E-state index contributed by atoms with van der Waals surface area (Å²) in [4.78, 5) is 12.8. The monoisotopic (exact) mass is 330 g/mol. The highest BCUT2D eigenvalue weighted by Crippen LogP contribution is 2.26. The minimum atomic E-state index is 0.113. The van der Waals surface area contributed by atoms with Crippen molar-refractivity contribution < 1.29 is 4.79 Å². The van der Waals surface area contributed by atoms with Gasteiger partial charge in [0.05, 0.1) is 0 Å². The van der Waals surface area contributed by atoms with Crippen LogP contribution in [0.1, 0.15) is 43.7 Å². The Morgan fingerprint density at radius 2 is 1.40 bits per heavy atom. The summed E-state index contributed by atoms with van der Waals surface area (Å²) in [6, 6.07) is 7.92. The zero-order valence-electron chi connectivity index (χ0n) is 12.6. The highest BCUT2D eigenvalue weighted by atomic mass is 79.9. The number of carbonyl (C=O) groups is 1. The summed E-state index contributed by atoms with van der Waals surface area (Å²) >= 11 is 3.48. The van der Waals surface area contributed by atoms with Crippen molar-refractivity contribution in [3.05, 3.63) is 67.7 Å². The third kappa shape index (κ3) is 2.57. The van der Waals surface area contributed by atoms with Gasteiger partial charge in [-0.1, -0.05) is 22.0 Å². The number of hydrogen-bond acceptors (Lipinski definition) is 1. The fourth-order valence-corrected chi connectivity index (χ4v) is 2.73. The molecule has 1 nitrogen and oxygen atoms in total. The van der Waals surface area contributed by atoms with Gasteiger partial charge >= 0.3 is 0 Å². The van der Waals surface area contributed by atoms with Crippen molar-refractivity contribution in [3.63, 3.8) is 0 Å². The van der Waals surface area contributed by atoms with Crippen LogP contribution >= 0.6 is 15.9 Å². The lowest BCUT2D eigenvalue weighted by atomic mass is 9.89. The Kier molecular flexibility index (Phi) is 4.14. The van der Waals surface area contributed by atoms with E-state index in [0.29, 0.717) is 0 Å². The molecule has 0 aromatic heterocycles. The van der Waals surface area contributed by atoms with E-state index < -0.39 is 0 Å². The molecule has 20 heavy (non-hydrogen) atoms. The maximum atomic E-state index is 12.8. The van der Waals surface area contributed by atoms with E-state index in [2.05, 4.69) is 35.8 Å². The first kappa shape index (κ1) is 15.0. The van der Waals surface area contributed by atoms with Crippen LogP contribution in [0.2, 0.25) is 0 Å². The van der Waals surface area contributed by atoms with Crippen LogP contribution in [0.25, 0.3) is 0 Å². The van der Waals surface area contributed by atoms with Crippen LogP contribution in [0.15, 0.2) is 28.7 Å². The van der Waals surface area contributed by atoms with Gasteiger partial charge in [-0.2, -0.15) is 0 Å². The molecule has 0 N–H and O–H groups in total. The third-order valence-electron chi connectivity index (χ3n) is 4.01. The predicted octanol–water partition coefficient (Wildman–Crippen LogP) is 5.22. The van der Waals surface area contributed by atoms with Crippen LogP contribution in [-0.4, -0.2) is 5.78 Å². The van der Waals surface area contributed by atoms with Crippen molar-refractivity contribution in [2.24, 2.45) is 0 Å². The zero-order chi connectivity index (χ0) is 15.0. The standard InChI is InChI=1S/C18H19BrO/c1-10-8-11(2)14(5)17(13(10)4)18(20)15-6-7-16(19)12(3)9-15/h6-9H,1-5H3. The summed E-state index contributed by atoms with van der Waals surface area (Å²) in [6.45, 7) is 10.2. The summed E-state index contributed by atoms with van der Waals surface area (Å²) in [7, 11) is 0. The number of aryl methyl sites for hydroxylation is 3. The molecule has 0 aliphatic rings. The van der Waals surface area contributed by atoms with Crippen LogP contribution in [-0.2, 0) is 0 Å². The maximum Gasteiger partial charge on any atom is 0.193 e. The molecule has 0 fully saturated rings. The summed E-state index contributed by atoms with van der Waals surface area (Å²) < 4.78 is 1.03. The molecule has 0 saturated heterocycles. The molecule has 0 unspecified atom stereocenters. The molecule has 0 amide bonds. The van der Waals surface area contributed by atoms with Crippen LogP contribution in [0.5, 0.6) is 0 Å². The summed E-state index contributed by atoms with van der Waals surface area (Å²) in [5, 5.41) is 0. The molecule has 0 radical (unpaired) electrons. The first-order chi connectivity index (χ1) is 9.32. The average Bonchev–Trinajstić information content (AvgIpc) is 2.40. The van der Waals surface area contributed by atoms with Crippen LogP contribution in [0.4, 0.5) is 0 Å². The summed E-state index contributed by atoms with van der Waals surface area (Å²) in [5.41, 5.74) is 7.19. The lowest BCUT2D eigenvalue weighted by Gasteiger charge is -2.14. The van der Waals surface area contributed by atoms with E-state index in [9.17, 15) is 4.79 Å². The zero-order valence-corrected chi connectivity index (χ0v) is 14.2. The Labute approximate surface area is 129 Å². The van der Waals surface area contributed by atoms with Crippen molar-refractivity contribution in [1.29, 1.82) is 0 Å². The number of halogens is 1. The van der Waals surface area contributed by atoms with Gasteiger partial charge in [-0.3, -0.25) is 4.79 Å². The first-order valence-electron chi connectivity index (χ1n) is 6.71. The Hall–Kier alpha value is -1.41. The van der Waals surface area contributed by atoms with E-state index in [-0.39, 0.29) is 5.78 Å². The Morgan fingerprint density at radius 1 is 0.850 bits per heavy atom. The van der Waals surface area contributed by atoms with Gasteiger partial charge in [-0.15, -0.1) is 0 Å². The van der Waals surface area contributed by atoms with Crippen molar-refractivity contribution in [3.8, 4) is 0 Å². The van der Waals surface area contributed by atoms with E-state index in [1.165, 1.54) is 11.1 Å². The first-order valence-corrected chi connectivity index (χ1v) is 7.50. The normalized spacial score (nSPS) is 10.7. The minimum Gasteiger partial charge on any atom is -0.289 e. The van der Waals surface area contributed by atoms with Gasteiger partial charge in [-0.05, 0) is 80.6 Å². The summed E-state index contributed by atoms with van der Waals surface area (Å²) in [5.74, 6) is 0.113. The lowest BCUT2D eigenvalue weighted by molar-refractivity contribution is 0.103. The fraction of sp³-hybridized carbons (Fsp3) is 0.278. The van der Waals surface area contributed by atoms with Gasteiger partial charge in [0.25, 0.3) is 0 Å². The van der Waals surface area contributed by atoms with E-state index in [1.54, 1.807) is 0 Å².